The summed E-state index contributed by atoms with van der Waals surface area (Å²) in [5, 5.41) is 43.5. The summed E-state index contributed by atoms with van der Waals surface area (Å²) in [6.07, 6.45) is -5.80. The van der Waals surface area contributed by atoms with E-state index < -0.39 is 36.3 Å². The minimum absolute atomic E-state index is 0.371. The Balaban J connectivity index is 2.73. The van der Waals surface area contributed by atoms with Crippen LogP contribution in [0.4, 0.5) is 0 Å². The Morgan fingerprint density at radius 3 is 2.57 bits per heavy atom. The van der Waals surface area contributed by atoms with E-state index in [1.165, 1.54) is 0 Å². The van der Waals surface area contributed by atoms with Crippen molar-refractivity contribution in [1.29, 1.82) is 0 Å². The number of ether oxygens (including phenoxy) is 1. The van der Waals surface area contributed by atoms with E-state index in [1.54, 1.807) is 0 Å². The summed E-state index contributed by atoms with van der Waals surface area (Å²) in [7, 11) is 0. The lowest BCUT2D eigenvalue weighted by Crippen LogP contribution is -2.57. The van der Waals surface area contributed by atoms with Gasteiger partial charge >= 0.3 is 0 Å². The highest BCUT2D eigenvalue weighted by molar-refractivity contribution is 6.21. The molecule has 1 rings (SSSR count). The molecule has 1 aliphatic heterocycles. The molecule has 5 atom stereocenters. The third kappa shape index (κ3) is 2.54. The molecule has 1 heterocycles. The van der Waals surface area contributed by atoms with Gasteiger partial charge in [0, 0.05) is 6.42 Å². The van der Waals surface area contributed by atoms with Gasteiger partial charge in [0.2, 0.25) is 5.25 Å². The Labute approximate surface area is 85.3 Å². The first-order chi connectivity index (χ1) is 6.37. The molecule has 5 N–H and O–H groups in total. The van der Waals surface area contributed by atoms with Crippen molar-refractivity contribution < 1.29 is 30.3 Å². The van der Waals surface area contributed by atoms with Crippen LogP contribution in [0.1, 0.15) is 6.42 Å². The van der Waals surface area contributed by atoms with Gasteiger partial charge in [0.1, 0.15) is 18.3 Å². The van der Waals surface area contributed by atoms with E-state index in [0.29, 0.717) is 0 Å². The molecule has 1 unspecified atom stereocenters. The number of rotatable bonds is 2. The molecule has 0 saturated carbocycles. The Bertz CT molecular complexity index is 199. The second-order valence-electron chi connectivity index (χ2n) is 3.28. The molecule has 0 aromatic carbocycles. The molecule has 0 aliphatic carbocycles. The SMILES string of the molecule is OC[C@@H](O)[C@H]1OC(O)(Cl)C[C@H](O)[C@H]1O. The molecular formula is C7H13ClO6. The fraction of sp³-hybridized carbons (Fsp3) is 1.00. The Morgan fingerprint density at radius 1 is 1.50 bits per heavy atom. The van der Waals surface area contributed by atoms with Crippen LogP contribution in [-0.2, 0) is 4.74 Å². The van der Waals surface area contributed by atoms with E-state index in [2.05, 4.69) is 0 Å². The molecule has 84 valence electrons. The smallest absolute Gasteiger partial charge is 0.248 e. The zero-order chi connectivity index (χ0) is 10.9. The largest absolute Gasteiger partial charge is 0.394 e. The third-order valence-corrected chi connectivity index (χ3v) is 2.32. The van der Waals surface area contributed by atoms with Crippen LogP contribution in [0.2, 0.25) is 0 Å². The van der Waals surface area contributed by atoms with Gasteiger partial charge in [-0.05, 0) is 0 Å². The van der Waals surface area contributed by atoms with Crippen LogP contribution in [0, 0.1) is 0 Å². The topological polar surface area (TPSA) is 110 Å². The van der Waals surface area contributed by atoms with E-state index in [0.717, 1.165) is 0 Å². The fourth-order valence-corrected chi connectivity index (χ4v) is 1.59. The monoisotopic (exact) mass is 228 g/mol. The third-order valence-electron chi connectivity index (χ3n) is 2.07. The Hall–Kier alpha value is 0.0500. The molecule has 0 amide bonds. The quantitative estimate of drug-likeness (QED) is 0.341. The molecule has 0 bridgehead atoms. The maximum absolute atomic E-state index is 9.36. The maximum Gasteiger partial charge on any atom is 0.248 e. The predicted octanol–water partition coefficient (Wildman–Crippen LogP) is -2.26. The number of aliphatic hydroxyl groups is 5. The summed E-state index contributed by atoms with van der Waals surface area (Å²) < 4.78 is 4.71. The summed E-state index contributed by atoms with van der Waals surface area (Å²) in [4.78, 5) is 0. The normalized spacial score (nSPS) is 46.3. The molecule has 1 aliphatic rings. The summed E-state index contributed by atoms with van der Waals surface area (Å²) in [6.45, 7) is -0.665. The van der Waals surface area contributed by atoms with Gasteiger partial charge in [-0.1, -0.05) is 11.6 Å². The van der Waals surface area contributed by atoms with Crippen molar-refractivity contribution in [2.45, 2.75) is 36.1 Å². The highest BCUT2D eigenvalue weighted by Gasteiger charge is 2.46. The van der Waals surface area contributed by atoms with Gasteiger partial charge in [0.05, 0.1) is 12.7 Å². The molecule has 6 nitrogen and oxygen atoms in total. The fourth-order valence-electron chi connectivity index (χ4n) is 1.33. The van der Waals surface area contributed by atoms with Gasteiger partial charge in [-0.25, -0.2) is 0 Å². The molecule has 1 saturated heterocycles. The van der Waals surface area contributed by atoms with Crippen LogP contribution in [0.5, 0.6) is 0 Å². The molecule has 0 spiro atoms. The van der Waals surface area contributed by atoms with Gasteiger partial charge in [-0.3, -0.25) is 0 Å². The molecule has 1 fully saturated rings. The van der Waals surface area contributed by atoms with E-state index >= 15 is 0 Å². The van der Waals surface area contributed by atoms with Crippen LogP contribution in [-0.4, -0.2) is 61.8 Å². The van der Waals surface area contributed by atoms with Crippen LogP contribution in [0.25, 0.3) is 0 Å². The maximum atomic E-state index is 9.36. The van der Waals surface area contributed by atoms with Crippen molar-refractivity contribution >= 4 is 11.6 Å². The number of aliphatic hydroxyl groups excluding tert-OH is 4. The van der Waals surface area contributed by atoms with Crippen molar-refractivity contribution in [3.8, 4) is 0 Å². The first-order valence-corrected chi connectivity index (χ1v) is 4.49. The lowest BCUT2D eigenvalue weighted by Gasteiger charge is -2.40. The first kappa shape index (κ1) is 12.1. The van der Waals surface area contributed by atoms with Crippen molar-refractivity contribution in [3.05, 3.63) is 0 Å². The Morgan fingerprint density at radius 2 is 2.07 bits per heavy atom. The van der Waals surface area contributed by atoms with Crippen molar-refractivity contribution in [3.63, 3.8) is 0 Å². The molecular weight excluding hydrogens is 216 g/mol. The summed E-state index contributed by atoms with van der Waals surface area (Å²) in [6, 6.07) is 0. The van der Waals surface area contributed by atoms with E-state index in [1.807, 2.05) is 0 Å². The standard InChI is InChI=1S/C7H13ClO6/c8-7(13)1-3(10)5(12)6(14-7)4(11)2-9/h3-6,9-13H,1-2H2/t3-,4+,5+,6+,7?/m0/s1. The Kier molecular flexibility index (Phi) is 3.70. The van der Waals surface area contributed by atoms with Crippen molar-refractivity contribution in [1.82, 2.24) is 0 Å². The summed E-state index contributed by atoms with van der Waals surface area (Å²) in [5.74, 6) is 0. The average molecular weight is 229 g/mol. The number of hydrogen-bond donors (Lipinski definition) is 5. The molecule has 0 radical (unpaired) electrons. The van der Waals surface area contributed by atoms with Gasteiger partial charge in [0.25, 0.3) is 0 Å². The van der Waals surface area contributed by atoms with E-state index in [-0.39, 0.29) is 6.42 Å². The minimum Gasteiger partial charge on any atom is -0.394 e. The average Bonchev–Trinajstić information content (AvgIpc) is 2.09. The van der Waals surface area contributed by atoms with Crippen LogP contribution >= 0.6 is 11.6 Å². The van der Waals surface area contributed by atoms with E-state index in [4.69, 9.17) is 21.4 Å². The highest BCUT2D eigenvalue weighted by atomic mass is 35.5. The predicted molar refractivity (Wildman–Crippen MR) is 45.4 cm³/mol. The van der Waals surface area contributed by atoms with Gasteiger partial charge in [-0.2, -0.15) is 0 Å². The highest BCUT2D eigenvalue weighted by Crippen LogP contribution is 2.31. The second-order valence-corrected chi connectivity index (χ2v) is 3.87. The summed E-state index contributed by atoms with van der Waals surface area (Å²) in [5.41, 5.74) is 0. The molecule has 0 aromatic rings. The van der Waals surface area contributed by atoms with Gasteiger partial charge < -0.3 is 30.3 Å². The van der Waals surface area contributed by atoms with E-state index in [9.17, 15) is 20.4 Å². The number of hydrogen-bond acceptors (Lipinski definition) is 6. The van der Waals surface area contributed by atoms with Crippen LogP contribution in [0.3, 0.4) is 0 Å². The zero-order valence-corrected chi connectivity index (χ0v) is 8.00. The first-order valence-electron chi connectivity index (χ1n) is 4.11. The number of halogens is 1. The van der Waals surface area contributed by atoms with Crippen LogP contribution in [0.15, 0.2) is 0 Å². The molecule has 14 heavy (non-hydrogen) atoms. The van der Waals surface area contributed by atoms with Crippen molar-refractivity contribution in [2.75, 3.05) is 6.61 Å². The van der Waals surface area contributed by atoms with Gasteiger partial charge in [-0.15, -0.1) is 0 Å². The molecule has 0 aromatic heterocycles. The molecule has 7 heteroatoms. The zero-order valence-electron chi connectivity index (χ0n) is 7.25. The second kappa shape index (κ2) is 4.28. The van der Waals surface area contributed by atoms with Crippen LogP contribution < -0.4 is 0 Å². The van der Waals surface area contributed by atoms with Crippen molar-refractivity contribution in [2.24, 2.45) is 0 Å². The number of alkyl halides is 1. The van der Waals surface area contributed by atoms with Gasteiger partial charge in [0.15, 0.2) is 0 Å². The lowest BCUT2D eigenvalue weighted by atomic mass is 9.97. The lowest BCUT2D eigenvalue weighted by molar-refractivity contribution is -0.278. The minimum atomic E-state index is -2.13. The summed E-state index contributed by atoms with van der Waals surface area (Å²) >= 11 is 5.40.